The summed E-state index contributed by atoms with van der Waals surface area (Å²) in [7, 11) is 0. The van der Waals surface area contributed by atoms with Gasteiger partial charge in [0.1, 0.15) is 0 Å². The molecule has 0 heterocycles. The van der Waals surface area contributed by atoms with Crippen LogP contribution in [0, 0.1) is 0 Å². The Balaban J connectivity index is 2.73. The summed E-state index contributed by atoms with van der Waals surface area (Å²) in [6, 6.07) is 0. The van der Waals surface area contributed by atoms with Crippen LogP contribution >= 0.6 is 0 Å². The van der Waals surface area contributed by atoms with Crippen molar-refractivity contribution in [3.63, 3.8) is 0 Å². The molecule has 2 nitrogen and oxygen atoms in total. The van der Waals surface area contributed by atoms with Crippen molar-refractivity contribution in [3.8, 4) is 0 Å². The molecule has 0 bridgehead atoms. The molecule has 0 saturated heterocycles. The van der Waals surface area contributed by atoms with Gasteiger partial charge in [0.15, 0.2) is 0 Å². The van der Waals surface area contributed by atoms with Crippen LogP contribution in [0.4, 0.5) is 0 Å². The van der Waals surface area contributed by atoms with Crippen molar-refractivity contribution in [2.24, 2.45) is 5.73 Å². The first kappa shape index (κ1) is 11.9. The fourth-order valence-electron chi connectivity index (χ4n) is 1.08. The maximum absolute atomic E-state index is 5.43. The molecule has 0 aromatic rings. The number of nitrogens with two attached hydrogens (primary N) is 1. The molecule has 0 unspecified atom stereocenters. The van der Waals surface area contributed by atoms with E-state index in [1.54, 1.807) is 0 Å². The van der Waals surface area contributed by atoms with E-state index in [1.165, 1.54) is 25.7 Å². The molecule has 0 aliphatic rings. The van der Waals surface area contributed by atoms with E-state index in [4.69, 9.17) is 10.5 Å². The van der Waals surface area contributed by atoms with Crippen LogP contribution in [0.15, 0.2) is 0 Å². The molecule has 0 radical (unpaired) electrons. The van der Waals surface area contributed by atoms with E-state index in [2.05, 4.69) is 6.92 Å². The predicted octanol–water partition coefficient (Wildman–Crippen LogP) is 2.32. The zero-order chi connectivity index (χ0) is 9.07. The smallest absolute Gasteiger partial charge is 0.0466 e. The van der Waals surface area contributed by atoms with Gasteiger partial charge in [-0.1, -0.05) is 26.2 Å². The average Bonchev–Trinajstić information content (AvgIpc) is 2.10. The van der Waals surface area contributed by atoms with Crippen LogP contribution in [0.2, 0.25) is 0 Å². The maximum Gasteiger partial charge on any atom is 0.0466 e. The maximum atomic E-state index is 5.43. The first-order chi connectivity index (χ1) is 5.91. The lowest BCUT2D eigenvalue weighted by molar-refractivity contribution is 0.126. The molecule has 74 valence electrons. The molecule has 0 aliphatic carbocycles. The Morgan fingerprint density at radius 2 is 1.58 bits per heavy atom. The SMILES string of the molecule is CCCCCCOCCCCN. The summed E-state index contributed by atoms with van der Waals surface area (Å²) in [6.45, 7) is 4.84. The minimum absolute atomic E-state index is 0.791. The Kier molecular flexibility index (Phi) is 10.8. The molecule has 12 heavy (non-hydrogen) atoms. The number of ether oxygens (including phenoxy) is 1. The molecule has 0 saturated carbocycles. The van der Waals surface area contributed by atoms with Gasteiger partial charge in [0.25, 0.3) is 0 Å². The van der Waals surface area contributed by atoms with Gasteiger partial charge < -0.3 is 10.5 Å². The van der Waals surface area contributed by atoms with Crippen molar-refractivity contribution in [2.75, 3.05) is 19.8 Å². The van der Waals surface area contributed by atoms with Crippen molar-refractivity contribution < 1.29 is 4.74 Å². The van der Waals surface area contributed by atoms with Gasteiger partial charge in [0.2, 0.25) is 0 Å². The zero-order valence-electron chi connectivity index (χ0n) is 8.35. The van der Waals surface area contributed by atoms with Crippen molar-refractivity contribution in [1.29, 1.82) is 0 Å². The molecule has 0 fully saturated rings. The second-order valence-electron chi connectivity index (χ2n) is 3.17. The van der Waals surface area contributed by atoms with Crippen LogP contribution < -0.4 is 5.73 Å². The van der Waals surface area contributed by atoms with E-state index in [1.807, 2.05) is 0 Å². The monoisotopic (exact) mass is 173 g/mol. The van der Waals surface area contributed by atoms with Gasteiger partial charge in [-0.25, -0.2) is 0 Å². The van der Waals surface area contributed by atoms with Crippen LogP contribution in [0.3, 0.4) is 0 Å². The Morgan fingerprint density at radius 1 is 0.917 bits per heavy atom. The second kappa shape index (κ2) is 10.9. The standard InChI is InChI=1S/C10H23NO/c1-2-3-4-6-9-12-10-7-5-8-11/h2-11H2,1H3. The highest BCUT2D eigenvalue weighted by atomic mass is 16.5. The van der Waals surface area contributed by atoms with Crippen LogP contribution in [-0.2, 0) is 4.74 Å². The highest BCUT2D eigenvalue weighted by Crippen LogP contribution is 1.99. The Hall–Kier alpha value is -0.0800. The summed E-state index contributed by atoms with van der Waals surface area (Å²) in [5.41, 5.74) is 5.35. The van der Waals surface area contributed by atoms with E-state index < -0.39 is 0 Å². The summed E-state index contributed by atoms with van der Waals surface area (Å²) in [5.74, 6) is 0. The molecule has 0 aromatic carbocycles. The third-order valence-electron chi connectivity index (χ3n) is 1.89. The summed E-state index contributed by atoms with van der Waals surface area (Å²) in [4.78, 5) is 0. The van der Waals surface area contributed by atoms with Gasteiger partial charge in [0, 0.05) is 13.2 Å². The highest BCUT2D eigenvalue weighted by Gasteiger charge is 1.89. The lowest BCUT2D eigenvalue weighted by Crippen LogP contribution is -2.02. The predicted molar refractivity (Wildman–Crippen MR) is 53.2 cm³/mol. The van der Waals surface area contributed by atoms with Gasteiger partial charge in [-0.15, -0.1) is 0 Å². The van der Waals surface area contributed by atoms with E-state index in [9.17, 15) is 0 Å². The normalized spacial score (nSPS) is 10.5. The van der Waals surface area contributed by atoms with Crippen molar-refractivity contribution >= 4 is 0 Å². The minimum Gasteiger partial charge on any atom is -0.381 e. The lowest BCUT2D eigenvalue weighted by Gasteiger charge is -2.02. The fourth-order valence-corrected chi connectivity index (χ4v) is 1.08. The molecule has 0 amide bonds. The quantitative estimate of drug-likeness (QED) is 0.543. The Labute approximate surface area is 76.5 Å². The van der Waals surface area contributed by atoms with Crippen LogP contribution in [0.1, 0.15) is 45.4 Å². The summed E-state index contributed by atoms with van der Waals surface area (Å²) >= 11 is 0. The van der Waals surface area contributed by atoms with E-state index in [0.717, 1.165) is 32.6 Å². The molecule has 0 rings (SSSR count). The van der Waals surface area contributed by atoms with Crippen molar-refractivity contribution in [3.05, 3.63) is 0 Å². The average molecular weight is 173 g/mol. The molecular formula is C10H23NO. The fraction of sp³-hybridized carbons (Fsp3) is 1.00. The molecule has 0 spiro atoms. The third kappa shape index (κ3) is 9.92. The van der Waals surface area contributed by atoms with Crippen molar-refractivity contribution in [2.45, 2.75) is 45.4 Å². The van der Waals surface area contributed by atoms with Crippen molar-refractivity contribution in [1.82, 2.24) is 0 Å². The number of hydrogen-bond acceptors (Lipinski definition) is 2. The van der Waals surface area contributed by atoms with Gasteiger partial charge in [-0.05, 0) is 25.8 Å². The van der Waals surface area contributed by atoms with Gasteiger partial charge in [-0.2, -0.15) is 0 Å². The molecule has 0 aromatic heterocycles. The van der Waals surface area contributed by atoms with E-state index >= 15 is 0 Å². The largest absolute Gasteiger partial charge is 0.381 e. The summed E-state index contributed by atoms with van der Waals surface area (Å²) in [6.07, 6.45) is 7.38. The molecular weight excluding hydrogens is 150 g/mol. The van der Waals surface area contributed by atoms with Crippen LogP contribution in [0.5, 0.6) is 0 Å². The number of hydrogen-bond donors (Lipinski definition) is 1. The first-order valence-electron chi connectivity index (χ1n) is 5.19. The van der Waals surface area contributed by atoms with Crippen LogP contribution in [-0.4, -0.2) is 19.8 Å². The zero-order valence-corrected chi connectivity index (χ0v) is 8.35. The number of rotatable bonds is 9. The van der Waals surface area contributed by atoms with Gasteiger partial charge >= 0.3 is 0 Å². The molecule has 2 heteroatoms. The molecule has 0 atom stereocenters. The van der Waals surface area contributed by atoms with E-state index in [-0.39, 0.29) is 0 Å². The number of unbranched alkanes of at least 4 members (excludes halogenated alkanes) is 4. The second-order valence-corrected chi connectivity index (χ2v) is 3.17. The third-order valence-corrected chi connectivity index (χ3v) is 1.89. The lowest BCUT2D eigenvalue weighted by atomic mass is 10.2. The molecule has 2 N–H and O–H groups in total. The first-order valence-corrected chi connectivity index (χ1v) is 5.19. The van der Waals surface area contributed by atoms with Gasteiger partial charge in [0.05, 0.1) is 0 Å². The Bertz CT molecular complexity index is 66.2. The summed E-state index contributed by atoms with van der Waals surface area (Å²) in [5, 5.41) is 0. The minimum atomic E-state index is 0.791. The molecule has 0 aliphatic heterocycles. The summed E-state index contributed by atoms with van der Waals surface area (Å²) < 4.78 is 5.43. The van der Waals surface area contributed by atoms with Crippen LogP contribution in [0.25, 0.3) is 0 Å². The van der Waals surface area contributed by atoms with Gasteiger partial charge in [-0.3, -0.25) is 0 Å². The Morgan fingerprint density at radius 3 is 2.17 bits per heavy atom. The topological polar surface area (TPSA) is 35.2 Å². The highest BCUT2D eigenvalue weighted by molar-refractivity contribution is 4.41. The van der Waals surface area contributed by atoms with E-state index in [0.29, 0.717) is 0 Å².